The van der Waals surface area contributed by atoms with Crippen molar-refractivity contribution in [3.63, 3.8) is 0 Å². The van der Waals surface area contributed by atoms with Crippen molar-refractivity contribution < 1.29 is 14.3 Å². The summed E-state index contributed by atoms with van der Waals surface area (Å²) in [6.45, 7) is 8.64. The Labute approximate surface area is 132 Å². The minimum absolute atomic E-state index is 0.0269. The van der Waals surface area contributed by atoms with Crippen LogP contribution in [0.1, 0.15) is 31.4 Å². The van der Waals surface area contributed by atoms with E-state index in [0.717, 1.165) is 30.0 Å². The van der Waals surface area contributed by atoms with Crippen LogP contribution in [0.4, 0.5) is 0 Å². The number of ether oxygens (including phenoxy) is 2. The highest BCUT2D eigenvalue weighted by Crippen LogP contribution is 2.21. The molecule has 1 aliphatic rings. The van der Waals surface area contributed by atoms with Crippen molar-refractivity contribution in [1.29, 1.82) is 0 Å². The highest BCUT2D eigenvalue weighted by Gasteiger charge is 2.17. The van der Waals surface area contributed by atoms with Crippen LogP contribution in [0.15, 0.2) is 18.2 Å². The summed E-state index contributed by atoms with van der Waals surface area (Å²) in [5.41, 5.74) is 2.15. The van der Waals surface area contributed by atoms with Crippen LogP contribution in [0.3, 0.4) is 0 Å². The molecule has 5 heteroatoms. The summed E-state index contributed by atoms with van der Waals surface area (Å²) in [7, 11) is 0. The zero-order valence-corrected chi connectivity index (χ0v) is 13.6. The monoisotopic (exact) mass is 306 g/mol. The Kier molecular flexibility index (Phi) is 6.21. The number of amides is 1. The van der Waals surface area contributed by atoms with Gasteiger partial charge in [-0.3, -0.25) is 4.79 Å². The first-order valence-electron chi connectivity index (χ1n) is 7.88. The fourth-order valence-electron chi connectivity index (χ4n) is 2.41. The fraction of sp³-hybridized carbons (Fsp3) is 0.588. The van der Waals surface area contributed by atoms with E-state index in [-0.39, 0.29) is 18.1 Å². The van der Waals surface area contributed by atoms with Crippen LogP contribution in [0.25, 0.3) is 0 Å². The third-order valence-electron chi connectivity index (χ3n) is 3.49. The number of hydrogen-bond acceptors (Lipinski definition) is 4. The summed E-state index contributed by atoms with van der Waals surface area (Å²) in [4.78, 5) is 12.0. The summed E-state index contributed by atoms with van der Waals surface area (Å²) in [5.74, 6) is 0.869. The standard InChI is InChI=1S/C17H26N2O3/c1-12(2)22-16-8-13(3)4-5-14(16)10-19-17(20)9-15-11-21-7-6-18-15/h4-5,8,12,15,18H,6-7,9-11H2,1-3H3,(H,19,20). The average molecular weight is 306 g/mol. The summed E-state index contributed by atoms with van der Waals surface area (Å²) in [6, 6.07) is 6.16. The third kappa shape index (κ3) is 5.31. The van der Waals surface area contributed by atoms with Gasteiger partial charge in [0.1, 0.15) is 5.75 Å². The second kappa shape index (κ2) is 8.15. The molecule has 122 valence electrons. The van der Waals surface area contributed by atoms with E-state index >= 15 is 0 Å². The zero-order chi connectivity index (χ0) is 15.9. The summed E-state index contributed by atoms with van der Waals surface area (Å²) >= 11 is 0. The Morgan fingerprint density at radius 3 is 3.00 bits per heavy atom. The predicted octanol–water partition coefficient (Wildman–Crippen LogP) is 1.78. The highest BCUT2D eigenvalue weighted by molar-refractivity contribution is 5.76. The molecule has 1 heterocycles. The smallest absolute Gasteiger partial charge is 0.221 e. The Balaban J connectivity index is 1.88. The average Bonchev–Trinajstić information content (AvgIpc) is 2.47. The van der Waals surface area contributed by atoms with E-state index in [1.165, 1.54) is 0 Å². The Hall–Kier alpha value is -1.59. The molecule has 1 amide bonds. The molecule has 1 aliphatic heterocycles. The molecule has 1 atom stereocenters. The lowest BCUT2D eigenvalue weighted by molar-refractivity contribution is -0.122. The molecule has 2 rings (SSSR count). The van der Waals surface area contributed by atoms with E-state index in [9.17, 15) is 4.79 Å². The molecular weight excluding hydrogens is 280 g/mol. The molecule has 0 spiro atoms. The first-order chi connectivity index (χ1) is 10.5. The van der Waals surface area contributed by atoms with Gasteiger partial charge in [-0.15, -0.1) is 0 Å². The molecule has 0 aromatic heterocycles. The number of benzene rings is 1. The molecule has 0 radical (unpaired) electrons. The number of carbonyl (C=O) groups excluding carboxylic acids is 1. The van der Waals surface area contributed by atoms with Crippen LogP contribution >= 0.6 is 0 Å². The molecule has 0 bridgehead atoms. The minimum Gasteiger partial charge on any atom is -0.491 e. The van der Waals surface area contributed by atoms with Gasteiger partial charge in [0.05, 0.1) is 19.3 Å². The van der Waals surface area contributed by atoms with E-state index < -0.39 is 0 Å². The molecule has 1 aromatic rings. The lowest BCUT2D eigenvalue weighted by atomic mass is 10.1. The van der Waals surface area contributed by atoms with Crippen molar-refractivity contribution in [3.05, 3.63) is 29.3 Å². The maximum atomic E-state index is 12.0. The van der Waals surface area contributed by atoms with Crippen LogP contribution in [0.5, 0.6) is 5.75 Å². The van der Waals surface area contributed by atoms with Crippen molar-refractivity contribution in [2.24, 2.45) is 0 Å². The van der Waals surface area contributed by atoms with Crippen LogP contribution in [-0.4, -0.2) is 37.8 Å². The lowest BCUT2D eigenvalue weighted by Gasteiger charge is -2.23. The summed E-state index contributed by atoms with van der Waals surface area (Å²) in [6.07, 6.45) is 0.548. The van der Waals surface area contributed by atoms with E-state index in [1.54, 1.807) is 0 Å². The van der Waals surface area contributed by atoms with E-state index in [2.05, 4.69) is 10.6 Å². The normalized spacial score (nSPS) is 18.3. The summed E-state index contributed by atoms with van der Waals surface area (Å²) in [5, 5.41) is 6.25. The molecule has 0 saturated carbocycles. The first kappa shape index (κ1) is 16.8. The Morgan fingerprint density at radius 2 is 2.32 bits per heavy atom. The van der Waals surface area contributed by atoms with Gasteiger partial charge in [0.25, 0.3) is 0 Å². The molecule has 22 heavy (non-hydrogen) atoms. The van der Waals surface area contributed by atoms with Gasteiger partial charge in [-0.1, -0.05) is 12.1 Å². The molecule has 5 nitrogen and oxygen atoms in total. The molecular formula is C17H26N2O3. The number of rotatable bonds is 6. The van der Waals surface area contributed by atoms with Crippen LogP contribution in [0, 0.1) is 6.92 Å². The predicted molar refractivity (Wildman–Crippen MR) is 86.0 cm³/mol. The minimum atomic E-state index is 0.0269. The van der Waals surface area contributed by atoms with E-state index in [1.807, 2.05) is 39.0 Å². The maximum absolute atomic E-state index is 12.0. The molecule has 1 aromatic carbocycles. The molecule has 1 unspecified atom stereocenters. The van der Waals surface area contributed by atoms with Gasteiger partial charge in [-0.05, 0) is 32.4 Å². The second-order valence-electron chi connectivity index (χ2n) is 5.98. The van der Waals surface area contributed by atoms with Gasteiger partial charge in [-0.2, -0.15) is 0 Å². The number of aryl methyl sites for hydroxylation is 1. The second-order valence-corrected chi connectivity index (χ2v) is 5.98. The number of nitrogens with one attached hydrogen (secondary N) is 2. The number of hydrogen-bond donors (Lipinski definition) is 2. The van der Waals surface area contributed by atoms with E-state index in [0.29, 0.717) is 19.6 Å². The SMILES string of the molecule is Cc1ccc(CNC(=O)CC2COCCN2)c(OC(C)C)c1. The fourth-order valence-corrected chi connectivity index (χ4v) is 2.41. The van der Waals surface area contributed by atoms with Crippen molar-refractivity contribution in [2.75, 3.05) is 19.8 Å². The Bertz CT molecular complexity index is 497. The molecule has 1 saturated heterocycles. The number of morpholine rings is 1. The molecule has 1 fully saturated rings. The molecule has 0 aliphatic carbocycles. The van der Waals surface area contributed by atoms with Gasteiger partial charge in [0.15, 0.2) is 0 Å². The van der Waals surface area contributed by atoms with E-state index in [4.69, 9.17) is 9.47 Å². The topological polar surface area (TPSA) is 59.6 Å². The number of carbonyl (C=O) groups is 1. The zero-order valence-electron chi connectivity index (χ0n) is 13.6. The lowest BCUT2D eigenvalue weighted by Crippen LogP contribution is -2.44. The Morgan fingerprint density at radius 1 is 1.50 bits per heavy atom. The quantitative estimate of drug-likeness (QED) is 0.841. The van der Waals surface area contributed by atoms with Crippen LogP contribution in [-0.2, 0) is 16.1 Å². The third-order valence-corrected chi connectivity index (χ3v) is 3.49. The molecule has 2 N–H and O–H groups in total. The van der Waals surface area contributed by atoms with Gasteiger partial charge in [0, 0.05) is 31.1 Å². The van der Waals surface area contributed by atoms with Gasteiger partial charge >= 0.3 is 0 Å². The van der Waals surface area contributed by atoms with Gasteiger partial charge in [0.2, 0.25) is 5.91 Å². The van der Waals surface area contributed by atoms with Crippen molar-refractivity contribution in [2.45, 2.75) is 45.9 Å². The largest absolute Gasteiger partial charge is 0.491 e. The van der Waals surface area contributed by atoms with Crippen molar-refractivity contribution >= 4 is 5.91 Å². The van der Waals surface area contributed by atoms with Crippen LogP contribution < -0.4 is 15.4 Å². The first-order valence-corrected chi connectivity index (χ1v) is 7.88. The van der Waals surface area contributed by atoms with Crippen molar-refractivity contribution in [1.82, 2.24) is 10.6 Å². The highest BCUT2D eigenvalue weighted by atomic mass is 16.5. The maximum Gasteiger partial charge on any atom is 0.221 e. The van der Waals surface area contributed by atoms with Gasteiger partial charge in [-0.25, -0.2) is 0 Å². The van der Waals surface area contributed by atoms with Crippen molar-refractivity contribution in [3.8, 4) is 5.75 Å². The van der Waals surface area contributed by atoms with Gasteiger partial charge < -0.3 is 20.1 Å². The summed E-state index contributed by atoms with van der Waals surface area (Å²) < 4.78 is 11.2. The van der Waals surface area contributed by atoms with Crippen LogP contribution in [0.2, 0.25) is 0 Å².